The lowest BCUT2D eigenvalue weighted by Crippen LogP contribution is -2.39. The molecule has 3 heteroatoms. The minimum absolute atomic E-state index is 0.334. The fraction of sp³-hybridized carbons (Fsp3) is 0.353. The van der Waals surface area contributed by atoms with Crippen LogP contribution in [0.2, 0.25) is 0 Å². The lowest BCUT2D eigenvalue weighted by atomic mass is 9.84. The molecule has 2 rings (SSSR count). The van der Waals surface area contributed by atoms with Gasteiger partial charge in [0.05, 0.1) is 17.4 Å². The number of rotatable bonds is 4. The number of benzene rings is 1. The first-order valence-corrected chi connectivity index (χ1v) is 6.91. The molecule has 1 aromatic carbocycles. The summed E-state index contributed by atoms with van der Waals surface area (Å²) in [6.07, 6.45) is 2.68. The summed E-state index contributed by atoms with van der Waals surface area (Å²) in [5.74, 6) is -0.334. The molecule has 1 atom stereocenters. The third kappa shape index (κ3) is 3.05. The number of nitrogens with two attached hydrogens (primary N) is 1. The maximum atomic E-state index is 13.0. The zero-order valence-corrected chi connectivity index (χ0v) is 12.3. The van der Waals surface area contributed by atoms with E-state index >= 15 is 0 Å². The highest BCUT2D eigenvalue weighted by Crippen LogP contribution is 2.27. The van der Waals surface area contributed by atoms with Crippen molar-refractivity contribution in [3.05, 3.63) is 64.7 Å². The minimum Gasteiger partial charge on any atom is -0.320 e. The van der Waals surface area contributed by atoms with Gasteiger partial charge in [-0.3, -0.25) is 4.98 Å². The molecule has 0 bridgehead atoms. The van der Waals surface area contributed by atoms with Crippen molar-refractivity contribution in [3.63, 3.8) is 0 Å². The molecule has 0 saturated heterocycles. The maximum Gasteiger partial charge on any atom is 0.141 e. The normalized spacial score (nSPS) is 14.1. The highest BCUT2D eigenvalue weighted by molar-refractivity contribution is 5.33. The van der Waals surface area contributed by atoms with Gasteiger partial charge in [-0.25, -0.2) is 4.39 Å². The Morgan fingerprint density at radius 1 is 1.20 bits per heavy atom. The van der Waals surface area contributed by atoms with E-state index in [1.807, 2.05) is 6.92 Å². The number of nitrogens with zero attached hydrogens (tertiary/aromatic N) is 1. The van der Waals surface area contributed by atoms with Crippen molar-refractivity contribution in [1.29, 1.82) is 0 Å². The van der Waals surface area contributed by atoms with Gasteiger partial charge in [0, 0.05) is 0 Å². The number of pyridine rings is 1. The summed E-state index contributed by atoms with van der Waals surface area (Å²) in [5, 5.41) is 0. The molecular formula is C17H21FN2. The summed E-state index contributed by atoms with van der Waals surface area (Å²) in [7, 11) is 0. The molecule has 0 spiro atoms. The summed E-state index contributed by atoms with van der Waals surface area (Å²) < 4.78 is 13.0. The van der Waals surface area contributed by atoms with Gasteiger partial charge in [-0.05, 0) is 49.9 Å². The first-order valence-electron chi connectivity index (χ1n) is 6.91. The predicted molar refractivity (Wildman–Crippen MR) is 80.0 cm³/mol. The molecular weight excluding hydrogens is 251 g/mol. The first-order chi connectivity index (χ1) is 9.44. The number of halogens is 1. The summed E-state index contributed by atoms with van der Waals surface area (Å²) >= 11 is 0. The summed E-state index contributed by atoms with van der Waals surface area (Å²) in [5.41, 5.74) is 10.4. The van der Waals surface area contributed by atoms with Crippen LogP contribution in [0.3, 0.4) is 0 Å². The second kappa shape index (κ2) is 5.71. The predicted octanol–water partition coefficient (Wildman–Crippen LogP) is 3.64. The van der Waals surface area contributed by atoms with E-state index in [0.717, 1.165) is 12.1 Å². The van der Waals surface area contributed by atoms with E-state index in [-0.39, 0.29) is 5.82 Å². The van der Waals surface area contributed by atoms with Crippen LogP contribution < -0.4 is 5.73 Å². The van der Waals surface area contributed by atoms with Gasteiger partial charge < -0.3 is 5.73 Å². The average molecular weight is 272 g/mol. The molecule has 0 amide bonds. The Labute approximate surface area is 119 Å². The highest BCUT2D eigenvalue weighted by Gasteiger charge is 2.27. The van der Waals surface area contributed by atoms with Crippen LogP contribution in [0.4, 0.5) is 4.39 Å². The molecule has 0 aliphatic carbocycles. The average Bonchev–Trinajstić information content (AvgIpc) is 2.43. The molecule has 2 nitrogen and oxygen atoms in total. The third-order valence-electron chi connectivity index (χ3n) is 3.88. The second-order valence-electron chi connectivity index (χ2n) is 5.48. The molecule has 20 heavy (non-hydrogen) atoms. The molecule has 1 aromatic heterocycles. The van der Waals surface area contributed by atoms with Crippen LogP contribution in [0.5, 0.6) is 0 Å². The largest absolute Gasteiger partial charge is 0.320 e. The van der Waals surface area contributed by atoms with Crippen molar-refractivity contribution in [3.8, 4) is 0 Å². The third-order valence-corrected chi connectivity index (χ3v) is 3.88. The molecule has 1 heterocycles. The van der Waals surface area contributed by atoms with E-state index in [4.69, 9.17) is 5.73 Å². The highest BCUT2D eigenvalue weighted by atomic mass is 19.1. The molecule has 0 radical (unpaired) electrons. The number of aryl methyl sites for hydroxylation is 2. The Morgan fingerprint density at radius 3 is 2.55 bits per heavy atom. The van der Waals surface area contributed by atoms with Gasteiger partial charge in [0.25, 0.3) is 0 Å². The molecule has 2 N–H and O–H groups in total. The molecule has 2 aromatic rings. The van der Waals surface area contributed by atoms with Crippen molar-refractivity contribution in [2.45, 2.75) is 39.2 Å². The van der Waals surface area contributed by atoms with Crippen molar-refractivity contribution in [1.82, 2.24) is 4.98 Å². The monoisotopic (exact) mass is 272 g/mol. The standard InChI is InChI=1S/C17H21FN2/c1-4-17(19,16-8-7-15(18)11-20-16)10-14-9-12(2)5-6-13(14)3/h5-9,11H,4,10,19H2,1-3H3. The number of hydrogen-bond donors (Lipinski definition) is 1. The van der Waals surface area contributed by atoms with E-state index in [1.165, 1.54) is 29.0 Å². The molecule has 106 valence electrons. The Hall–Kier alpha value is -1.74. The SMILES string of the molecule is CCC(N)(Cc1cc(C)ccc1C)c1ccc(F)cn1. The lowest BCUT2D eigenvalue weighted by molar-refractivity contribution is 0.410. The van der Waals surface area contributed by atoms with Crippen LogP contribution in [0, 0.1) is 19.7 Å². The van der Waals surface area contributed by atoms with Gasteiger partial charge in [0.2, 0.25) is 0 Å². The van der Waals surface area contributed by atoms with E-state index < -0.39 is 5.54 Å². The molecule has 1 unspecified atom stereocenters. The van der Waals surface area contributed by atoms with Crippen LogP contribution in [0.15, 0.2) is 36.5 Å². The topological polar surface area (TPSA) is 38.9 Å². The van der Waals surface area contributed by atoms with Crippen molar-refractivity contribution in [2.75, 3.05) is 0 Å². The quantitative estimate of drug-likeness (QED) is 0.922. The van der Waals surface area contributed by atoms with E-state index in [2.05, 4.69) is 37.0 Å². The zero-order valence-electron chi connectivity index (χ0n) is 12.3. The van der Waals surface area contributed by atoms with Gasteiger partial charge in [-0.1, -0.05) is 30.7 Å². The van der Waals surface area contributed by atoms with E-state index in [1.54, 1.807) is 6.07 Å². The zero-order chi connectivity index (χ0) is 14.8. The fourth-order valence-corrected chi connectivity index (χ4v) is 2.40. The number of aromatic nitrogens is 1. The van der Waals surface area contributed by atoms with Gasteiger partial charge in [-0.15, -0.1) is 0 Å². The summed E-state index contributed by atoms with van der Waals surface area (Å²) in [6, 6.07) is 9.47. The van der Waals surface area contributed by atoms with Crippen LogP contribution in [-0.2, 0) is 12.0 Å². The lowest BCUT2D eigenvalue weighted by Gasteiger charge is -2.28. The van der Waals surface area contributed by atoms with Gasteiger partial charge in [0.1, 0.15) is 5.82 Å². The Morgan fingerprint density at radius 2 is 1.95 bits per heavy atom. The van der Waals surface area contributed by atoms with Crippen molar-refractivity contribution < 1.29 is 4.39 Å². The molecule has 0 fully saturated rings. The summed E-state index contributed by atoms with van der Waals surface area (Å²) in [4.78, 5) is 4.17. The van der Waals surface area contributed by atoms with Crippen molar-refractivity contribution >= 4 is 0 Å². The first kappa shape index (κ1) is 14.7. The Balaban J connectivity index is 2.36. The van der Waals surface area contributed by atoms with Crippen LogP contribution in [0.25, 0.3) is 0 Å². The van der Waals surface area contributed by atoms with Gasteiger partial charge >= 0.3 is 0 Å². The maximum absolute atomic E-state index is 13.0. The smallest absolute Gasteiger partial charge is 0.141 e. The minimum atomic E-state index is -0.563. The molecule has 0 aliphatic heterocycles. The van der Waals surface area contributed by atoms with Crippen LogP contribution in [0.1, 0.15) is 35.7 Å². The van der Waals surface area contributed by atoms with Gasteiger partial charge in [-0.2, -0.15) is 0 Å². The second-order valence-corrected chi connectivity index (χ2v) is 5.48. The van der Waals surface area contributed by atoms with Crippen molar-refractivity contribution in [2.24, 2.45) is 5.73 Å². The Bertz CT molecular complexity index is 592. The molecule has 0 aliphatic rings. The summed E-state index contributed by atoms with van der Waals surface area (Å²) in [6.45, 7) is 6.20. The van der Waals surface area contributed by atoms with Gasteiger partial charge in [0.15, 0.2) is 0 Å². The number of hydrogen-bond acceptors (Lipinski definition) is 2. The Kier molecular flexibility index (Phi) is 4.19. The fourth-order valence-electron chi connectivity index (χ4n) is 2.40. The van der Waals surface area contributed by atoms with Crippen LogP contribution in [-0.4, -0.2) is 4.98 Å². The van der Waals surface area contributed by atoms with Crippen LogP contribution >= 0.6 is 0 Å². The van der Waals surface area contributed by atoms with E-state index in [0.29, 0.717) is 6.42 Å². The van der Waals surface area contributed by atoms with E-state index in [9.17, 15) is 4.39 Å². The molecule has 0 saturated carbocycles.